The minimum Gasteiger partial charge on any atom is -0.399 e. The van der Waals surface area contributed by atoms with Gasteiger partial charge in [0, 0.05) is 11.1 Å². The van der Waals surface area contributed by atoms with Gasteiger partial charge in [-0.3, -0.25) is 0 Å². The molecule has 24 heavy (non-hydrogen) atoms. The van der Waals surface area contributed by atoms with E-state index in [4.69, 9.17) is 5.73 Å². The van der Waals surface area contributed by atoms with Crippen LogP contribution in [0.5, 0.6) is 0 Å². The molecule has 1 atom stereocenters. The molecule has 0 bridgehead atoms. The van der Waals surface area contributed by atoms with Gasteiger partial charge in [-0.1, -0.05) is 42.7 Å². The number of sulfone groups is 1. The predicted octanol–water partition coefficient (Wildman–Crippen LogP) is 4.25. The van der Waals surface area contributed by atoms with Gasteiger partial charge in [-0.2, -0.15) is 0 Å². The van der Waals surface area contributed by atoms with Crippen LogP contribution in [0.1, 0.15) is 43.7 Å². The number of benzene rings is 2. The highest BCUT2D eigenvalue weighted by atomic mass is 32.2. The van der Waals surface area contributed by atoms with Crippen LogP contribution in [0.15, 0.2) is 53.4 Å². The van der Waals surface area contributed by atoms with Crippen LogP contribution in [0.25, 0.3) is 0 Å². The van der Waals surface area contributed by atoms with Crippen molar-refractivity contribution in [1.82, 2.24) is 0 Å². The van der Waals surface area contributed by atoms with E-state index in [9.17, 15) is 8.42 Å². The molecule has 0 spiro atoms. The van der Waals surface area contributed by atoms with E-state index in [1.54, 1.807) is 12.1 Å². The zero-order valence-corrected chi connectivity index (χ0v) is 15.1. The van der Waals surface area contributed by atoms with Crippen molar-refractivity contribution >= 4 is 15.5 Å². The minimum absolute atomic E-state index is 0.322. The Balaban J connectivity index is 2.05. The number of aryl methyl sites for hydroxylation is 1. The molecule has 1 aliphatic carbocycles. The molecule has 2 N–H and O–H groups in total. The van der Waals surface area contributed by atoms with E-state index >= 15 is 0 Å². The first-order valence-electron chi connectivity index (χ1n) is 8.53. The van der Waals surface area contributed by atoms with Gasteiger partial charge in [0.25, 0.3) is 0 Å². The smallest absolute Gasteiger partial charge is 0.181 e. The van der Waals surface area contributed by atoms with E-state index in [0.29, 0.717) is 10.6 Å². The number of nitrogens with two attached hydrogens (primary N) is 1. The van der Waals surface area contributed by atoms with Crippen LogP contribution >= 0.6 is 0 Å². The van der Waals surface area contributed by atoms with Gasteiger partial charge in [0.2, 0.25) is 0 Å². The van der Waals surface area contributed by atoms with Gasteiger partial charge in [-0.25, -0.2) is 8.42 Å². The second-order valence-corrected chi connectivity index (χ2v) is 9.25. The molecule has 4 heteroatoms. The SMILES string of the molecule is Cc1ccc(S(=O)(=O)C(C)C2(c3ccc(N)cc3)CCCC2)cc1. The third-order valence-electron chi connectivity index (χ3n) is 5.57. The fourth-order valence-electron chi connectivity index (χ4n) is 3.98. The molecule has 1 unspecified atom stereocenters. The lowest BCUT2D eigenvalue weighted by Crippen LogP contribution is -2.40. The Morgan fingerprint density at radius 2 is 1.50 bits per heavy atom. The molecule has 1 fully saturated rings. The average molecular weight is 343 g/mol. The number of rotatable bonds is 4. The molecule has 2 aromatic carbocycles. The topological polar surface area (TPSA) is 60.2 Å². The summed E-state index contributed by atoms with van der Waals surface area (Å²) in [5.74, 6) is 0. The van der Waals surface area contributed by atoms with Crippen LogP contribution in [-0.2, 0) is 15.3 Å². The molecule has 0 aromatic heterocycles. The molecule has 0 radical (unpaired) electrons. The maximum atomic E-state index is 13.3. The molecule has 3 rings (SSSR count). The van der Waals surface area contributed by atoms with Crippen molar-refractivity contribution in [3.05, 3.63) is 59.7 Å². The lowest BCUT2D eigenvalue weighted by atomic mass is 9.76. The van der Waals surface area contributed by atoms with Crippen molar-refractivity contribution < 1.29 is 8.42 Å². The molecular formula is C20H25NO2S. The largest absolute Gasteiger partial charge is 0.399 e. The summed E-state index contributed by atoms with van der Waals surface area (Å²) >= 11 is 0. The van der Waals surface area contributed by atoms with Crippen LogP contribution in [-0.4, -0.2) is 13.7 Å². The first-order valence-corrected chi connectivity index (χ1v) is 10.1. The lowest BCUT2D eigenvalue weighted by Gasteiger charge is -2.36. The zero-order chi connectivity index (χ0) is 17.4. The molecule has 128 valence electrons. The van der Waals surface area contributed by atoms with Crippen LogP contribution in [0.4, 0.5) is 5.69 Å². The Morgan fingerprint density at radius 1 is 0.958 bits per heavy atom. The van der Waals surface area contributed by atoms with Gasteiger partial charge in [-0.05, 0) is 56.5 Å². The molecule has 2 aromatic rings. The van der Waals surface area contributed by atoms with Crippen molar-refractivity contribution in [3.8, 4) is 0 Å². The molecule has 1 saturated carbocycles. The Labute approximate surface area is 144 Å². The summed E-state index contributed by atoms with van der Waals surface area (Å²) in [6.45, 7) is 3.84. The first-order chi connectivity index (χ1) is 11.4. The van der Waals surface area contributed by atoms with E-state index in [1.165, 1.54) is 0 Å². The van der Waals surface area contributed by atoms with Gasteiger partial charge in [0.15, 0.2) is 9.84 Å². The third-order valence-corrected chi connectivity index (χ3v) is 7.89. The van der Waals surface area contributed by atoms with Crippen molar-refractivity contribution in [2.75, 3.05) is 5.73 Å². The lowest BCUT2D eigenvalue weighted by molar-refractivity contribution is 0.417. The zero-order valence-electron chi connectivity index (χ0n) is 14.3. The van der Waals surface area contributed by atoms with Crippen molar-refractivity contribution in [2.45, 2.75) is 55.1 Å². The van der Waals surface area contributed by atoms with E-state index in [-0.39, 0.29) is 5.41 Å². The average Bonchev–Trinajstić information content (AvgIpc) is 3.06. The molecule has 1 aliphatic rings. The maximum Gasteiger partial charge on any atom is 0.181 e. The van der Waals surface area contributed by atoms with E-state index in [1.807, 2.05) is 50.2 Å². The Hall–Kier alpha value is -1.81. The van der Waals surface area contributed by atoms with Gasteiger partial charge < -0.3 is 5.73 Å². The Kier molecular flexibility index (Phi) is 4.43. The Morgan fingerprint density at radius 3 is 2.04 bits per heavy atom. The number of nitrogen functional groups attached to an aromatic ring is 1. The fourth-order valence-corrected chi connectivity index (χ4v) is 5.87. The van der Waals surface area contributed by atoms with Gasteiger partial charge in [-0.15, -0.1) is 0 Å². The second-order valence-electron chi connectivity index (χ2n) is 6.99. The van der Waals surface area contributed by atoms with Crippen molar-refractivity contribution in [2.24, 2.45) is 0 Å². The summed E-state index contributed by atoms with van der Waals surface area (Å²) in [7, 11) is -3.39. The van der Waals surface area contributed by atoms with Crippen molar-refractivity contribution in [1.29, 1.82) is 0 Å². The second kappa shape index (κ2) is 6.25. The predicted molar refractivity (Wildman–Crippen MR) is 98.8 cm³/mol. The normalized spacial score (nSPS) is 18.4. The summed E-state index contributed by atoms with van der Waals surface area (Å²) in [6.07, 6.45) is 3.95. The fraction of sp³-hybridized carbons (Fsp3) is 0.400. The highest BCUT2D eigenvalue weighted by molar-refractivity contribution is 7.92. The monoisotopic (exact) mass is 343 g/mol. The Bertz CT molecular complexity index is 802. The molecule has 0 heterocycles. The standard InChI is InChI=1S/C20H25NO2S/c1-15-5-11-19(12-6-15)24(22,23)16(2)20(13-3-4-14-20)17-7-9-18(21)10-8-17/h5-12,16H,3-4,13-14,21H2,1-2H3. The third kappa shape index (κ3) is 2.84. The summed E-state index contributed by atoms with van der Waals surface area (Å²) in [5.41, 5.74) is 8.36. The molecule has 0 aliphatic heterocycles. The van der Waals surface area contributed by atoms with Crippen LogP contribution < -0.4 is 5.73 Å². The maximum absolute atomic E-state index is 13.3. The van der Waals surface area contributed by atoms with E-state index in [2.05, 4.69) is 0 Å². The van der Waals surface area contributed by atoms with Gasteiger partial charge in [0.05, 0.1) is 10.1 Å². The highest BCUT2D eigenvalue weighted by Crippen LogP contribution is 2.47. The molecule has 0 saturated heterocycles. The summed E-state index contributed by atoms with van der Waals surface area (Å²) < 4.78 is 26.5. The summed E-state index contributed by atoms with van der Waals surface area (Å²) in [4.78, 5) is 0.419. The molecule has 3 nitrogen and oxygen atoms in total. The van der Waals surface area contributed by atoms with Crippen LogP contribution in [0.2, 0.25) is 0 Å². The molecular weight excluding hydrogens is 318 g/mol. The van der Waals surface area contributed by atoms with Gasteiger partial charge in [0.1, 0.15) is 0 Å². The minimum atomic E-state index is -3.39. The van der Waals surface area contributed by atoms with E-state index in [0.717, 1.165) is 36.8 Å². The summed E-state index contributed by atoms with van der Waals surface area (Å²) in [6, 6.07) is 14.9. The quantitative estimate of drug-likeness (QED) is 0.844. The highest BCUT2D eigenvalue weighted by Gasteiger charge is 2.46. The molecule has 0 amide bonds. The number of anilines is 1. The first kappa shape index (κ1) is 17.0. The summed E-state index contributed by atoms with van der Waals surface area (Å²) in [5, 5.41) is -0.459. The number of hydrogen-bond acceptors (Lipinski definition) is 3. The van der Waals surface area contributed by atoms with Crippen LogP contribution in [0, 0.1) is 6.92 Å². The van der Waals surface area contributed by atoms with Crippen molar-refractivity contribution in [3.63, 3.8) is 0 Å². The van der Waals surface area contributed by atoms with Crippen LogP contribution in [0.3, 0.4) is 0 Å². The number of hydrogen-bond donors (Lipinski definition) is 1. The van der Waals surface area contributed by atoms with E-state index < -0.39 is 15.1 Å². The van der Waals surface area contributed by atoms with Gasteiger partial charge >= 0.3 is 0 Å².